The fraction of sp³-hybridized carbons (Fsp3) is 0.160. The summed E-state index contributed by atoms with van der Waals surface area (Å²) in [5.41, 5.74) is 2.46. The quantitative estimate of drug-likeness (QED) is 0.375. The first-order chi connectivity index (χ1) is 15.6. The highest BCUT2D eigenvalue weighted by molar-refractivity contribution is 7.80. The largest absolute Gasteiger partial charge is 0.461 e. The van der Waals surface area contributed by atoms with Crippen molar-refractivity contribution in [2.45, 2.75) is 25.7 Å². The lowest BCUT2D eigenvalue weighted by Gasteiger charge is -2.19. The predicted octanol–water partition coefficient (Wildman–Crippen LogP) is 4.22. The number of rotatable bonds is 9. The van der Waals surface area contributed by atoms with Crippen molar-refractivity contribution in [1.82, 2.24) is 5.32 Å². The van der Waals surface area contributed by atoms with Gasteiger partial charge in [-0.3, -0.25) is 4.79 Å². The third-order valence-electron chi connectivity index (χ3n) is 4.46. The zero-order valence-corrected chi connectivity index (χ0v) is 18.2. The van der Waals surface area contributed by atoms with Crippen LogP contribution in [0.4, 0.5) is 5.69 Å². The molecule has 0 saturated heterocycles. The number of thiocarbonyl (C=S) groups is 1. The van der Waals surface area contributed by atoms with E-state index in [9.17, 15) is 9.59 Å². The Hall–Kier alpha value is -3.71. The number of ether oxygens (including phenoxy) is 2. The zero-order chi connectivity index (χ0) is 22.6. The minimum Gasteiger partial charge on any atom is -0.461 e. The van der Waals surface area contributed by atoms with Crippen molar-refractivity contribution >= 4 is 35.0 Å². The van der Waals surface area contributed by atoms with Crippen molar-refractivity contribution < 1.29 is 19.1 Å². The van der Waals surface area contributed by atoms with E-state index in [4.69, 9.17) is 21.7 Å². The van der Waals surface area contributed by atoms with E-state index in [-0.39, 0.29) is 24.7 Å². The average molecular weight is 449 g/mol. The van der Waals surface area contributed by atoms with Crippen LogP contribution in [0.2, 0.25) is 0 Å². The van der Waals surface area contributed by atoms with Gasteiger partial charge in [-0.25, -0.2) is 4.79 Å². The Morgan fingerprint density at radius 2 is 1.25 bits per heavy atom. The van der Waals surface area contributed by atoms with Crippen LogP contribution in [0.1, 0.15) is 17.5 Å². The van der Waals surface area contributed by atoms with Crippen LogP contribution in [-0.2, 0) is 32.3 Å². The maximum atomic E-state index is 12.7. The highest BCUT2D eigenvalue weighted by Gasteiger charge is 2.25. The number of hydrogen-bond acceptors (Lipinski definition) is 5. The minimum absolute atomic E-state index is 0.0930. The second-order valence-corrected chi connectivity index (χ2v) is 7.37. The lowest BCUT2D eigenvalue weighted by atomic mass is 10.2. The van der Waals surface area contributed by atoms with Crippen LogP contribution in [0.3, 0.4) is 0 Å². The number of anilines is 1. The first-order valence-corrected chi connectivity index (χ1v) is 10.5. The van der Waals surface area contributed by atoms with E-state index < -0.39 is 18.0 Å². The molecule has 164 valence electrons. The summed E-state index contributed by atoms with van der Waals surface area (Å²) in [6.45, 7) is 0.216. The first kappa shape index (κ1) is 23.0. The van der Waals surface area contributed by atoms with Crippen molar-refractivity contribution in [1.29, 1.82) is 0 Å². The van der Waals surface area contributed by atoms with Crippen LogP contribution in [-0.4, -0.2) is 23.1 Å². The van der Waals surface area contributed by atoms with E-state index in [0.717, 1.165) is 16.8 Å². The molecule has 2 N–H and O–H groups in total. The summed E-state index contributed by atoms with van der Waals surface area (Å²) >= 11 is 5.32. The molecule has 3 rings (SSSR count). The molecule has 1 atom stereocenters. The van der Waals surface area contributed by atoms with E-state index >= 15 is 0 Å². The van der Waals surface area contributed by atoms with Crippen LogP contribution in [0.15, 0.2) is 91.0 Å². The van der Waals surface area contributed by atoms with E-state index in [1.807, 2.05) is 91.0 Å². The van der Waals surface area contributed by atoms with Gasteiger partial charge in [0.1, 0.15) is 19.3 Å². The minimum atomic E-state index is -0.995. The normalized spacial score (nSPS) is 11.1. The molecule has 0 heterocycles. The van der Waals surface area contributed by atoms with Crippen LogP contribution < -0.4 is 10.6 Å². The van der Waals surface area contributed by atoms with E-state index in [1.54, 1.807) is 0 Å². The molecule has 0 fully saturated rings. The van der Waals surface area contributed by atoms with Crippen molar-refractivity contribution in [3.63, 3.8) is 0 Å². The van der Waals surface area contributed by atoms with Crippen LogP contribution in [0.25, 0.3) is 0 Å². The molecule has 3 aromatic carbocycles. The third-order valence-corrected chi connectivity index (χ3v) is 4.68. The Balaban J connectivity index is 1.60. The zero-order valence-electron chi connectivity index (χ0n) is 17.4. The lowest BCUT2D eigenvalue weighted by molar-refractivity contribution is -0.153. The van der Waals surface area contributed by atoms with E-state index in [0.29, 0.717) is 0 Å². The number of esters is 2. The molecule has 1 unspecified atom stereocenters. The molecule has 32 heavy (non-hydrogen) atoms. The Morgan fingerprint density at radius 3 is 1.81 bits per heavy atom. The van der Waals surface area contributed by atoms with E-state index in [1.165, 1.54) is 0 Å². The third kappa shape index (κ3) is 7.85. The number of hydrogen-bond donors (Lipinski definition) is 2. The van der Waals surface area contributed by atoms with Gasteiger partial charge in [0, 0.05) is 5.69 Å². The summed E-state index contributed by atoms with van der Waals surface area (Å²) in [4.78, 5) is 25.1. The summed E-state index contributed by atoms with van der Waals surface area (Å²) in [7, 11) is 0. The number of carbonyl (C=O) groups is 2. The number of para-hydroxylation sites is 1. The van der Waals surface area contributed by atoms with Gasteiger partial charge >= 0.3 is 11.9 Å². The second kappa shape index (κ2) is 12.2. The lowest BCUT2D eigenvalue weighted by Crippen LogP contribution is -2.45. The molecule has 0 radical (unpaired) electrons. The molecule has 0 saturated carbocycles. The Bertz CT molecular complexity index is 1010. The molecule has 0 aromatic heterocycles. The predicted molar refractivity (Wildman–Crippen MR) is 127 cm³/mol. The van der Waals surface area contributed by atoms with Crippen molar-refractivity contribution in [2.24, 2.45) is 0 Å². The fourth-order valence-electron chi connectivity index (χ4n) is 2.83. The maximum absolute atomic E-state index is 12.7. The molecular weight excluding hydrogens is 424 g/mol. The first-order valence-electron chi connectivity index (χ1n) is 10.1. The second-order valence-electron chi connectivity index (χ2n) is 6.96. The monoisotopic (exact) mass is 448 g/mol. The van der Waals surface area contributed by atoms with Crippen LogP contribution >= 0.6 is 12.2 Å². The molecule has 3 aromatic rings. The molecule has 0 aliphatic carbocycles. The van der Waals surface area contributed by atoms with Gasteiger partial charge in [0.15, 0.2) is 5.11 Å². The summed E-state index contributed by atoms with van der Waals surface area (Å²) in [6.07, 6.45) is -0.225. The van der Waals surface area contributed by atoms with Gasteiger partial charge in [0.25, 0.3) is 0 Å². The molecule has 0 aliphatic heterocycles. The van der Waals surface area contributed by atoms with Crippen molar-refractivity contribution in [2.75, 3.05) is 5.32 Å². The molecule has 7 heteroatoms. The summed E-state index contributed by atoms with van der Waals surface area (Å²) in [6, 6.07) is 26.9. The topological polar surface area (TPSA) is 76.7 Å². The van der Waals surface area contributed by atoms with Crippen molar-refractivity contribution in [3.05, 3.63) is 102 Å². The summed E-state index contributed by atoms with van der Waals surface area (Å²) < 4.78 is 10.7. The van der Waals surface area contributed by atoms with Crippen LogP contribution in [0.5, 0.6) is 0 Å². The van der Waals surface area contributed by atoms with Crippen molar-refractivity contribution in [3.8, 4) is 0 Å². The highest BCUT2D eigenvalue weighted by Crippen LogP contribution is 2.09. The molecule has 0 spiro atoms. The van der Waals surface area contributed by atoms with Gasteiger partial charge < -0.3 is 20.1 Å². The highest BCUT2D eigenvalue weighted by atomic mass is 32.1. The summed E-state index contributed by atoms with van der Waals surface area (Å²) in [5.74, 6) is -1.13. The standard InChI is InChI=1S/C25H24N2O4S/c28-23(30-17-19-10-4-1-5-11-19)16-22(24(29)31-18-20-12-6-2-7-13-20)27-25(32)26-21-14-8-3-9-15-21/h1-15,22H,16-18H2,(H2,26,27,32). The van der Waals surface area contributed by atoms with Crippen LogP contribution in [0, 0.1) is 0 Å². The number of nitrogens with one attached hydrogen (secondary N) is 2. The SMILES string of the molecule is O=C(CC(NC(=S)Nc1ccccc1)C(=O)OCc1ccccc1)OCc1ccccc1. The van der Waals surface area contributed by atoms with Gasteiger partial charge in [-0.2, -0.15) is 0 Å². The fourth-order valence-corrected chi connectivity index (χ4v) is 3.09. The molecule has 0 aliphatic rings. The maximum Gasteiger partial charge on any atom is 0.329 e. The average Bonchev–Trinajstić information content (AvgIpc) is 2.83. The number of benzene rings is 3. The molecular formula is C25H24N2O4S. The molecule has 0 bridgehead atoms. The Labute approximate surface area is 192 Å². The molecule has 0 amide bonds. The Morgan fingerprint density at radius 1 is 0.750 bits per heavy atom. The van der Waals surface area contributed by atoms with Gasteiger partial charge in [0.05, 0.1) is 6.42 Å². The van der Waals surface area contributed by atoms with Gasteiger partial charge in [-0.1, -0.05) is 78.9 Å². The molecule has 6 nitrogen and oxygen atoms in total. The van der Waals surface area contributed by atoms with Gasteiger partial charge in [-0.05, 0) is 35.5 Å². The van der Waals surface area contributed by atoms with Gasteiger partial charge in [-0.15, -0.1) is 0 Å². The summed E-state index contributed by atoms with van der Waals surface area (Å²) in [5, 5.41) is 6.07. The van der Waals surface area contributed by atoms with E-state index in [2.05, 4.69) is 10.6 Å². The number of carbonyl (C=O) groups excluding carboxylic acids is 2. The smallest absolute Gasteiger partial charge is 0.329 e. The van der Waals surface area contributed by atoms with Gasteiger partial charge in [0.2, 0.25) is 0 Å². The Kier molecular flexibility index (Phi) is 8.77.